The molecule has 2 aromatic carbocycles. The summed E-state index contributed by atoms with van der Waals surface area (Å²) in [4.78, 5) is 12.2. The highest BCUT2D eigenvalue weighted by molar-refractivity contribution is 6.09. The number of nitriles is 2. The molecule has 112 valence electrons. The first kappa shape index (κ1) is 16.0. The summed E-state index contributed by atoms with van der Waals surface area (Å²) in [5, 5.41) is 20.8. The van der Waals surface area contributed by atoms with Crippen molar-refractivity contribution < 1.29 is 4.79 Å². The second-order valence-corrected chi connectivity index (χ2v) is 4.91. The molecule has 0 fully saturated rings. The Morgan fingerprint density at radius 3 is 2.52 bits per heavy atom. The van der Waals surface area contributed by atoms with E-state index in [1.807, 2.05) is 36.4 Å². The fourth-order valence-corrected chi connectivity index (χ4v) is 2.04. The summed E-state index contributed by atoms with van der Waals surface area (Å²) in [7, 11) is 0. The Balaban J connectivity index is 2.19. The van der Waals surface area contributed by atoms with Crippen LogP contribution in [0.3, 0.4) is 0 Å². The highest BCUT2D eigenvalue weighted by Crippen LogP contribution is 2.13. The number of nitrogens with zero attached hydrogens (tertiary/aromatic N) is 2. The van der Waals surface area contributed by atoms with Crippen LogP contribution < -0.4 is 5.32 Å². The fourth-order valence-electron chi connectivity index (χ4n) is 2.04. The topological polar surface area (TPSA) is 76.7 Å². The molecule has 23 heavy (non-hydrogen) atoms. The van der Waals surface area contributed by atoms with Gasteiger partial charge in [-0.05, 0) is 47.9 Å². The van der Waals surface area contributed by atoms with E-state index in [9.17, 15) is 10.1 Å². The molecule has 0 aliphatic carbocycles. The van der Waals surface area contributed by atoms with Gasteiger partial charge in [0.05, 0.1) is 11.6 Å². The molecule has 1 N–H and O–H groups in total. The van der Waals surface area contributed by atoms with Crippen molar-refractivity contribution >= 4 is 17.7 Å². The van der Waals surface area contributed by atoms with Gasteiger partial charge in [0.1, 0.15) is 11.6 Å². The molecule has 4 heteroatoms. The fraction of sp³-hybridized carbons (Fsp3) is 0.105. The Hall–Kier alpha value is -3.37. The summed E-state index contributed by atoms with van der Waals surface area (Å²) >= 11 is 0. The average Bonchev–Trinajstić information content (AvgIpc) is 2.60. The van der Waals surface area contributed by atoms with Crippen molar-refractivity contribution in [3.05, 3.63) is 70.8 Å². The van der Waals surface area contributed by atoms with Crippen molar-refractivity contribution in [2.75, 3.05) is 5.32 Å². The molecule has 0 aliphatic rings. The number of carbonyl (C=O) groups excluding carboxylic acids is 1. The highest BCUT2D eigenvalue weighted by Gasteiger charge is 2.09. The van der Waals surface area contributed by atoms with Crippen molar-refractivity contribution in [2.24, 2.45) is 0 Å². The van der Waals surface area contributed by atoms with Crippen LogP contribution in [0, 0.1) is 22.7 Å². The lowest BCUT2D eigenvalue weighted by molar-refractivity contribution is -0.112. The summed E-state index contributed by atoms with van der Waals surface area (Å²) in [6.07, 6.45) is 2.39. The zero-order chi connectivity index (χ0) is 16.7. The number of aryl methyl sites for hydroxylation is 1. The van der Waals surface area contributed by atoms with E-state index in [1.165, 1.54) is 11.6 Å². The van der Waals surface area contributed by atoms with E-state index in [-0.39, 0.29) is 5.57 Å². The van der Waals surface area contributed by atoms with E-state index in [2.05, 4.69) is 12.2 Å². The van der Waals surface area contributed by atoms with Gasteiger partial charge in [-0.15, -0.1) is 0 Å². The van der Waals surface area contributed by atoms with Gasteiger partial charge in [0.2, 0.25) is 0 Å². The monoisotopic (exact) mass is 301 g/mol. The van der Waals surface area contributed by atoms with Gasteiger partial charge in [-0.2, -0.15) is 10.5 Å². The highest BCUT2D eigenvalue weighted by atomic mass is 16.1. The van der Waals surface area contributed by atoms with Crippen molar-refractivity contribution in [1.82, 2.24) is 0 Å². The first-order valence-electron chi connectivity index (χ1n) is 7.18. The normalized spacial score (nSPS) is 10.5. The van der Waals surface area contributed by atoms with Gasteiger partial charge in [0.15, 0.2) is 0 Å². The summed E-state index contributed by atoms with van der Waals surface area (Å²) in [5.41, 5.74) is 2.91. The van der Waals surface area contributed by atoms with E-state index >= 15 is 0 Å². The predicted molar refractivity (Wildman–Crippen MR) is 89.2 cm³/mol. The second kappa shape index (κ2) is 7.59. The molecule has 0 bridgehead atoms. The zero-order valence-electron chi connectivity index (χ0n) is 12.7. The molecule has 0 atom stereocenters. The summed E-state index contributed by atoms with van der Waals surface area (Å²) in [6.45, 7) is 2.06. The van der Waals surface area contributed by atoms with Gasteiger partial charge in [-0.3, -0.25) is 4.79 Å². The SMILES string of the molecule is CCc1ccc(NC(=O)/C(C#N)=C/c2cccc(C#N)c2)cc1. The molecule has 0 spiro atoms. The first-order chi connectivity index (χ1) is 11.2. The third kappa shape index (κ3) is 4.30. The van der Waals surface area contributed by atoms with Gasteiger partial charge in [0, 0.05) is 5.69 Å². The average molecular weight is 301 g/mol. The lowest BCUT2D eigenvalue weighted by Gasteiger charge is -2.05. The Morgan fingerprint density at radius 2 is 1.91 bits per heavy atom. The van der Waals surface area contributed by atoms with Crippen LogP contribution >= 0.6 is 0 Å². The smallest absolute Gasteiger partial charge is 0.266 e. The molecular weight excluding hydrogens is 286 g/mol. The van der Waals surface area contributed by atoms with Gasteiger partial charge in [0.25, 0.3) is 5.91 Å². The standard InChI is InChI=1S/C19H15N3O/c1-2-14-6-8-18(9-7-14)22-19(23)17(13-21)11-15-4-3-5-16(10-15)12-20/h3-11H,2H2,1H3,(H,22,23)/b17-11+. The maximum atomic E-state index is 12.2. The molecule has 2 aromatic rings. The minimum Gasteiger partial charge on any atom is -0.321 e. The third-order valence-electron chi connectivity index (χ3n) is 3.31. The van der Waals surface area contributed by atoms with Crippen LogP contribution in [0.1, 0.15) is 23.6 Å². The molecule has 0 aromatic heterocycles. The molecule has 0 heterocycles. The van der Waals surface area contributed by atoms with E-state index < -0.39 is 5.91 Å². The van der Waals surface area contributed by atoms with Crippen LogP contribution in [-0.4, -0.2) is 5.91 Å². The van der Waals surface area contributed by atoms with Crippen LogP contribution in [0.4, 0.5) is 5.69 Å². The largest absolute Gasteiger partial charge is 0.321 e. The number of benzene rings is 2. The lowest BCUT2D eigenvalue weighted by Crippen LogP contribution is -2.13. The molecule has 0 saturated carbocycles. The van der Waals surface area contributed by atoms with Crippen LogP contribution in [0.2, 0.25) is 0 Å². The molecule has 4 nitrogen and oxygen atoms in total. The molecule has 0 radical (unpaired) electrons. The summed E-state index contributed by atoms with van der Waals surface area (Å²) < 4.78 is 0. The Kier molecular flexibility index (Phi) is 5.28. The van der Waals surface area contributed by atoms with Crippen molar-refractivity contribution in [3.63, 3.8) is 0 Å². The Morgan fingerprint density at radius 1 is 1.17 bits per heavy atom. The Bertz CT molecular complexity index is 821. The maximum Gasteiger partial charge on any atom is 0.266 e. The molecule has 1 amide bonds. The van der Waals surface area contributed by atoms with Gasteiger partial charge in [-0.1, -0.05) is 31.2 Å². The van der Waals surface area contributed by atoms with E-state index in [4.69, 9.17) is 5.26 Å². The van der Waals surface area contributed by atoms with Gasteiger partial charge >= 0.3 is 0 Å². The third-order valence-corrected chi connectivity index (χ3v) is 3.31. The van der Waals surface area contributed by atoms with Crippen LogP contribution in [0.15, 0.2) is 54.1 Å². The predicted octanol–water partition coefficient (Wildman–Crippen LogP) is 3.67. The molecular formula is C19H15N3O. The van der Waals surface area contributed by atoms with E-state index in [1.54, 1.807) is 24.3 Å². The molecule has 2 rings (SSSR count). The minimum absolute atomic E-state index is 0.0142. The van der Waals surface area contributed by atoms with Gasteiger partial charge in [-0.25, -0.2) is 0 Å². The van der Waals surface area contributed by atoms with Crippen molar-refractivity contribution in [2.45, 2.75) is 13.3 Å². The number of hydrogen-bond acceptors (Lipinski definition) is 3. The molecule has 0 aliphatic heterocycles. The summed E-state index contributed by atoms with van der Waals surface area (Å²) in [6, 6.07) is 18.1. The van der Waals surface area contributed by atoms with Gasteiger partial charge < -0.3 is 5.32 Å². The van der Waals surface area contributed by atoms with Crippen LogP contribution in [0.5, 0.6) is 0 Å². The number of rotatable bonds is 4. The van der Waals surface area contributed by atoms with E-state index in [0.717, 1.165) is 6.42 Å². The summed E-state index contributed by atoms with van der Waals surface area (Å²) in [5.74, 6) is -0.473. The molecule has 0 saturated heterocycles. The number of nitrogens with one attached hydrogen (secondary N) is 1. The second-order valence-electron chi connectivity index (χ2n) is 4.91. The minimum atomic E-state index is -0.473. The number of carbonyl (C=O) groups is 1. The number of amides is 1. The molecule has 0 unspecified atom stereocenters. The quantitative estimate of drug-likeness (QED) is 0.691. The number of anilines is 1. The van der Waals surface area contributed by atoms with Crippen LogP contribution in [-0.2, 0) is 11.2 Å². The van der Waals surface area contributed by atoms with Crippen LogP contribution in [0.25, 0.3) is 6.08 Å². The Labute approximate surface area is 135 Å². The zero-order valence-corrected chi connectivity index (χ0v) is 12.7. The maximum absolute atomic E-state index is 12.2. The first-order valence-corrected chi connectivity index (χ1v) is 7.18. The van der Waals surface area contributed by atoms with Crippen molar-refractivity contribution in [3.8, 4) is 12.1 Å². The lowest BCUT2D eigenvalue weighted by atomic mass is 10.1. The van der Waals surface area contributed by atoms with E-state index in [0.29, 0.717) is 16.8 Å². The van der Waals surface area contributed by atoms with Crippen molar-refractivity contribution in [1.29, 1.82) is 10.5 Å². The number of hydrogen-bond donors (Lipinski definition) is 1.